The Morgan fingerprint density at radius 3 is 1.75 bits per heavy atom. The van der Waals surface area contributed by atoms with Gasteiger partial charge in [0, 0.05) is 25.9 Å². The molecule has 0 heterocycles. The van der Waals surface area contributed by atoms with Gasteiger partial charge in [-0.2, -0.15) is 0 Å². The molecule has 0 spiro atoms. The van der Waals surface area contributed by atoms with Gasteiger partial charge in [0.1, 0.15) is 0 Å². The summed E-state index contributed by atoms with van der Waals surface area (Å²) in [4.78, 5) is 66.6. The highest BCUT2D eigenvalue weighted by Crippen LogP contribution is 2.10. The molecular formula is C16H24N2O10. The fourth-order valence-corrected chi connectivity index (χ4v) is 1.84. The first-order valence-electron chi connectivity index (χ1n) is 8.42. The molecule has 1 unspecified atom stereocenters. The normalized spacial score (nSPS) is 11.3. The second-order valence-electron chi connectivity index (χ2n) is 5.85. The predicted octanol–water partition coefficient (Wildman–Crippen LogP) is -1.33. The van der Waals surface area contributed by atoms with E-state index < -0.39 is 41.7 Å². The average molecular weight is 404 g/mol. The number of rotatable bonds is 14. The van der Waals surface area contributed by atoms with Crippen LogP contribution in [-0.4, -0.2) is 72.2 Å². The van der Waals surface area contributed by atoms with Crippen molar-refractivity contribution in [2.45, 2.75) is 32.6 Å². The maximum Gasteiger partial charge on any atom is 0.327 e. The Hall–Kier alpha value is -2.86. The smallest absolute Gasteiger partial charge is 0.327 e. The van der Waals surface area contributed by atoms with Crippen LogP contribution < -0.4 is 10.6 Å². The first kappa shape index (κ1) is 25.1. The molecule has 0 aromatic heterocycles. The van der Waals surface area contributed by atoms with Crippen LogP contribution >= 0.6 is 0 Å². The van der Waals surface area contributed by atoms with Crippen molar-refractivity contribution in [3.8, 4) is 0 Å². The van der Waals surface area contributed by atoms with Gasteiger partial charge in [-0.25, -0.2) is 0 Å². The molecule has 158 valence electrons. The van der Waals surface area contributed by atoms with Crippen LogP contribution in [-0.2, 0) is 38.2 Å². The van der Waals surface area contributed by atoms with Crippen molar-refractivity contribution in [3.63, 3.8) is 0 Å². The zero-order valence-corrected chi connectivity index (χ0v) is 15.4. The van der Waals surface area contributed by atoms with E-state index in [0.29, 0.717) is 0 Å². The lowest BCUT2D eigenvalue weighted by Gasteiger charge is -2.10. The van der Waals surface area contributed by atoms with Gasteiger partial charge in [-0.05, 0) is 5.92 Å². The van der Waals surface area contributed by atoms with E-state index in [9.17, 15) is 28.8 Å². The number of carboxylic acid groups (broad SMARTS) is 2. The Kier molecular flexibility index (Phi) is 12.8. The van der Waals surface area contributed by atoms with E-state index in [2.05, 4.69) is 20.1 Å². The van der Waals surface area contributed by atoms with Crippen molar-refractivity contribution in [2.24, 2.45) is 5.92 Å². The highest BCUT2D eigenvalue weighted by molar-refractivity contribution is 5.88. The highest BCUT2D eigenvalue weighted by Gasteiger charge is 2.19. The minimum absolute atomic E-state index is 0.0307. The van der Waals surface area contributed by atoms with Gasteiger partial charge in [0.25, 0.3) is 0 Å². The molecule has 12 nitrogen and oxygen atoms in total. The number of carbonyl (C=O) groups excluding carboxylic acids is 4. The fourth-order valence-electron chi connectivity index (χ4n) is 1.84. The molecule has 0 aliphatic heterocycles. The zero-order valence-electron chi connectivity index (χ0n) is 15.4. The van der Waals surface area contributed by atoms with Crippen LogP contribution in [0.25, 0.3) is 0 Å². The Morgan fingerprint density at radius 1 is 0.714 bits per heavy atom. The second kappa shape index (κ2) is 14.2. The summed E-state index contributed by atoms with van der Waals surface area (Å²) in [6.45, 7) is 0.939. The SMILES string of the molecule is CC(CC(=O)OC(=O)CCNCC(=O)O)CC(=O)OC(=O)CNCCC(=O)O. The molecule has 0 fully saturated rings. The first-order valence-corrected chi connectivity index (χ1v) is 8.42. The Balaban J connectivity index is 3.96. The van der Waals surface area contributed by atoms with Gasteiger partial charge >= 0.3 is 35.8 Å². The van der Waals surface area contributed by atoms with E-state index in [1.807, 2.05) is 0 Å². The Bertz CT molecular complexity index is 540. The van der Waals surface area contributed by atoms with Crippen molar-refractivity contribution in [1.29, 1.82) is 0 Å². The van der Waals surface area contributed by atoms with Gasteiger partial charge in [0.2, 0.25) is 0 Å². The molecule has 0 radical (unpaired) electrons. The molecule has 28 heavy (non-hydrogen) atoms. The topological polar surface area (TPSA) is 185 Å². The summed E-state index contributed by atoms with van der Waals surface area (Å²) in [5.41, 5.74) is 0. The maximum absolute atomic E-state index is 11.6. The van der Waals surface area contributed by atoms with Gasteiger partial charge < -0.3 is 30.3 Å². The maximum atomic E-state index is 11.6. The molecular weight excluding hydrogens is 380 g/mol. The fraction of sp³-hybridized carbons (Fsp3) is 0.625. The molecule has 12 heteroatoms. The molecule has 1 atom stereocenters. The number of carboxylic acids is 2. The predicted molar refractivity (Wildman–Crippen MR) is 90.8 cm³/mol. The van der Waals surface area contributed by atoms with Crippen molar-refractivity contribution >= 4 is 35.8 Å². The number of hydrogen-bond acceptors (Lipinski definition) is 10. The van der Waals surface area contributed by atoms with Gasteiger partial charge in [-0.3, -0.25) is 28.8 Å². The first-order chi connectivity index (χ1) is 13.1. The summed E-state index contributed by atoms with van der Waals surface area (Å²) in [5.74, 6) is -6.10. The molecule has 0 aromatic rings. The quantitative estimate of drug-likeness (QED) is 0.152. The molecule has 0 aromatic carbocycles. The lowest BCUT2D eigenvalue weighted by Crippen LogP contribution is -2.29. The number of hydrogen-bond donors (Lipinski definition) is 4. The van der Waals surface area contributed by atoms with Crippen molar-refractivity contribution in [3.05, 3.63) is 0 Å². The van der Waals surface area contributed by atoms with Crippen molar-refractivity contribution in [2.75, 3.05) is 26.2 Å². The molecule has 0 saturated heterocycles. The Morgan fingerprint density at radius 2 is 1.21 bits per heavy atom. The number of carbonyl (C=O) groups is 6. The summed E-state index contributed by atoms with van der Waals surface area (Å²) in [6.07, 6.45) is -0.897. The zero-order chi connectivity index (χ0) is 21.5. The molecule has 4 N–H and O–H groups in total. The molecule has 0 aliphatic rings. The summed E-state index contributed by atoms with van der Waals surface area (Å²) in [7, 11) is 0. The van der Waals surface area contributed by atoms with Gasteiger partial charge in [-0.15, -0.1) is 0 Å². The Labute approximate surface area is 160 Å². The van der Waals surface area contributed by atoms with Crippen LogP contribution in [0.5, 0.6) is 0 Å². The molecule has 0 aliphatic carbocycles. The van der Waals surface area contributed by atoms with Gasteiger partial charge in [-0.1, -0.05) is 6.92 Å². The third-order valence-corrected chi connectivity index (χ3v) is 3.05. The molecule has 0 rings (SSSR count). The number of esters is 4. The molecule has 0 bridgehead atoms. The standard InChI is InChI=1S/C16H24N2O10/c1-10(6-14(24)27-13(23)3-5-17-8-12(21)22)7-15(25)28-16(26)9-18-4-2-11(19)20/h10,17-18H,2-9H2,1H3,(H,19,20)(H,21,22). The lowest BCUT2D eigenvalue weighted by molar-refractivity contribution is -0.160. The number of aliphatic carboxylic acids is 2. The van der Waals surface area contributed by atoms with E-state index in [1.54, 1.807) is 0 Å². The van der Waals surface area contributed by atoms with Gasteiger partial charge in [0.05, 0.1) is 25.9 Å². The van der Waals surface area contributed by atoms with E-state index in [0.717, 1.165) is 0 Å². The minimum Gasteiger partial charge on any atom is -0.481 e. The molecule has 0 saturated carbocycles. The monoisotopic (exact) mass is 404 g/mol. The van der Waals surface area contributed by atoms with Crippen molar-refractivity contribution in [1.82, 2.24) is 10.6 Å². The summed E-state index contributed by atoms with van der Waals surface area (Å²) in [6, 6.07) is 0. The number of nitrogens with one attached hydrogen (secondary N) is 2. The second-order valence-corrected chi connectivity index (χ2v) is 5.85. The van der Waals surface area contributed by atoms with Crippen molar-refractivity contribution < 1.29 is 48.5 Å². The average Bonchev–Trinajstić information content (AvgIpc) is 2.54. The highest BCUT2D eigenvalue weighted by atomic mass is 16.6. The number of ether oxygens (including phenoxy) is 2. The summed E-state index contributed by atoms with van der Waals surface area (Å²) < 4.78 is 9.05. The van der Waals surface area contributed by atoms with E-state index in [1.165, 1.54) is 6.92 Å². The third-order valence-electron chi connectivity index (χ3n) is 3.05. The van der Waals surface area contributed by atoms with Crippen LogP contribution in [0.3, 0.4) is 0 Å². The third kappa shape index (κ3) is 15.4. The van der Waals surface area contributed by atoms with E-state index in [-0.39, 0.29) is 51.9 Å². The largest absolute Gasteiger partial charge is 0.481 e. The molecule has 0 amide bonds. The summed E-state index contributed by atoms with van der Waals surface area (Å²) in [5, 5.41) is 21.8. The van der Waals surface area contributed by atoms with E-state index in [4.69, 9.17) is 10.2 Å². The lowest BCUT2D eigenvalue weighted by atomic mass is 10.0. The van der Waals surface area contributed by atoms with Crippen LogP contribution in [0, 0.1) is 5.92 Å². The van der Waals surface area contributed by atoms with Gasteiger partial charge in [0.15, 0.2) is 0 Å². The summed E-state index contributed by atoms with van der Waals surface area (Å²) >= 11 is 0. The van der Waals surface area contributed by atoms with Crippen LogP contribution in [0.2, 0.25) is 0 Å². The van der Waals surface area contributed by atoms with Crippen LogP contribution in [0.15, 0.2) is 0 Å². The van der Waals surface area contributed by atoms with E-state index >= 15 is 0 Å². The van der Waals surface area contributed by atoms with Crippen LogP contribution in [0.4, 0.5) is 0 Å². The minimum atomic E-state index is -1.08. The van der Waals surface area contributed by atoms with Crippen LogP contribution in [0.1, 0.15) is 32.6 Å².